The van der Waals surface area contributed by atoms with Crippen LogP contribution >= 0.6 is 0 Å². The summed E-state index contributed by atoms with van der Waals surface area (Å²) < 4.78 is 16.9. The van der Waals surface area contributed by atoms with Crippen molar-refractivity contribution in [2.24, 2.45) is 0 Å². The van der Waals surface area contributed by atoms with Crippen molar-refractivity contribution in [3.8, 4) is 0 Å². The van der Waals surface area contributed by atoms with Gasteiger partial charge in [0.1, 0.15) is 13.2 Å². The molecule has 73 heavy (non-hydrogen) atoms. The van der Waals surface area contributed by atoms with Crippen LogP contribution in [0.3, 0.4) is 0 Å². The third-order valence-corrected chi connectivity index (χ3v) is 13.0. The molecule has 0 heterocycles. The molecule has 0 fully saturated rings. The van der Waals surface area contributed by atoms with Crippen LogP contribution in [0.4, 0.5) is 0 Å². The van der Waals surface area contributed by atoms with Gasteiger partial charge in [0, 0.05) is 19.3 Å². The summed E-state index contributed by atoms with van der Waals surface area (Å²) in [6.07, 6.45) is 81.0. The highest BCUT2D eigenvalue weighted by atomic mass is 16.6. The van der Waals surface area contributed by atoms with Gasteiger partial charge in [-0.15, -0.1) is 0 Å². The maximum absolute atomic E-state index is 12.9. The molecule has 0 aliphatic heterocycles. The zero-order valence-corrected chi connectivity index (χ0v) is 47.9. The van der Waals surface area contributed by atoms with Crippen LogP contribution in [0.25, 0.3) is 0 Å². The Balaban J connectivity index is 4.46. The molecule has 0 saturated carbocycles. The fourth-order valence-corrected chi connectivity index (χ4v) is 8.37. The number of unbranched alkanes of at least 4 members (excludes halogenated alkanes) is 28. The van der Waals surface area contributed by atoms with Gasteiger partial charge in [-0.05, 0) is 128 Å². The topological polar surface area (TPSA) is 78.9 Å². The lowest BCUT2D eigenvalue weighted by atomic mass is 10.1. The summed E-state index contributed by atoms with van der Waals surface area (Å²) in [7, 11) is 0. The van der Waals surface area contributed by atoms with E-state index in [1.807, 2.05) is 0 Å². The molecule has 0 spiro atoms. The highest BCUT2D eigenvalue weighted by Gasteiger charge is 2.19. The maximum atomic E-state index is 12.9. The molecule has 6 heteroatoms. The summed E-state index contributed by atoms with van der Waals surface area (Å²) >= 11 is 0. The minimum absolute atomic E-state index is 0.0927. The van der Waals surface area contributed by atoms with E-state index in [0.29, 0.717) is 19.3 Å². The Kier molecular flexibility index (Phi) is 57.8. The van der Waals surface area contributed by atoms with Crippen LogP contribution in [0, 0.1) is 0 Å². The van der Waals surface area contributed by atoms with Gasteiger partial charge in [-0.25, -0.2) is 0 Å². The SMILES string of the molecule is CCCCC/C=C\C/C=C\C/C=C\CCCCCCCCC(=O)O[C@H](COC(=O)CCCCCC/C=C\C/C=C\C/C=C\CCCCC)COC(=O)CCCCCCCCCCC/C=C\C/C=C\CCCCC. The number of esters is 3. The Labute approximate surface area is 451 Å². The summed E-state index contributed by atoms with van der Waals surface area (Å²) in [6.45, 7) is 6.54. The predicted octanol–water partition coefficient (Wildman–Crippen LogP) is 20.9. The van der Waals surface area contributed by atoms with E-state index >= 15 is 0 Å². The molecule has 0 aromatic carbocycles. The molecule has 0 saturated heterocycles. The van der Waals surface area contributed by atoms with Gasteiger partial charge < -0.3 is 14.2 Å². The molecule has 6 nitrogen and oxygen atoms in total. The van der Waals surface area contributed by atoms with Crippen LogP contribution in [-0.4, -0.2) is 37.2 Å². The van der Waals surface area contributed by atoms with Crippen LogP contribution in [-0.2, 0) is 28.6 Å². The lowest BCUT2D eigenvalue weighted by molar-refractivity contribution is -0.167. The van der Waals surface area contributed by atoms with Crippen LogP contribution in [0.2, 0.25) is 0 Å². The van der Waals surface area contributed by atoms with Crippen molar-refractivity contribution in [2.45, 2.75) is 297 Å². The predicted molar refractivity (Wildman–Crippen MR) is 316 cm³/mol. The summed E-state index contributed by atoms with van der Waals surface area (Å²) in [5.74, 6) is -0.925. The number of ether oxygens (including phenoxy) is 3. The van der Waals surface area contributed by atoms with E-state index in [1.165, 1.54) is 135 Å². The number of rotatable bonds is 55. The van der Waals surface area contributed by atoms with Crippen LogP contribution in [0.1, 0.15) is 290 Å². The summed E-state index contributed by atoms with van der Waals surface area (Å²) in [5, 5.41) is 0. The number of allylic oxidation sites excluding steroid dienone is 16. The van der Waals surface area contributed by atoms with Gasteiger partial charge in [-0.3, -0.25) is 14.4 Å². The first-order valence-corrected chi connectivity index (χ1v) is 30.7. The Bertz CT molecular complexity index is 1440. The van der Waals surface area contributed by atoms with E-state index in [1.54, 1.807) is 0 Å². The quantitative estimate of drug-likeness (QED) is 0.0261. The van der Waals surface area contributed by atoms with Crippen molar-refractivity contribution in [2.75, 3.05) is 13.2 Å². The fourth-order valence-electron chi connectivity index (χ4n) is 8.37. The largest absolute Gasteiger partial charge is 0.462 e. The third-order valence-electron chi connectivity index (χ3n) is 13.0. The van der Waals surface area contributed by atoms with E-state index in [4.69, 9.17) is 14.2 Å². The van der Waals surface area contributed by atoms with E-state index in [0.717, 1.165) is 116 Å². The molecule has 418 valence electrons. The molecule has 0 rings (SSSR count). The molecule has 0 aliphatic carbocycles. The van der Waals surface area contributed by atoms with E-state index < -0.39 is 6.10 Å². The Morgan fingerprint density at radius 3 is 0.767 bits per heavy atom. The van der Waals surface area contributed by atoms with E-state index in [-0.39, 0.29) is 31.1 Å². The smallest absolute Gasteiger partial charge is 0.306 e. The lowest BCUT2D eigenvalue weighted by Crippen LogP contribution is -2.30. The molecule has 0 aromatic rings. The molecule has 0 aliphatic rings. The normalized spacial score (nSPS) is 12.8. The van der Waals surface area contributed by atoms with Crippen LogP contribution < -0.4 is 0 Å². The molecular weight excluding hydrogens is 901 g/mol. The minimum atomic E-state index is -0.798. The first-order chi connectivity index (χ1) is 36.0. The van der Waals surface area contributed by atoms with E-state index in [9.17, 15) is 14.4 Å². The average molecular weight is 1020 g/mol. The second-order valence-corrected chi connectivity index (χ2v) is 20.2. The number of hydrogen-bond acceptors (Lipinski definition) is 6. The van der Waals surface area contributed by atoms with E-state index in [2.05, 4.69) is 118 Å². The number of carbonyl (C=O) groups excluding carboxylic acids is 3. The molecule has 0 aromatic heterocycles. The number of hydrogen-bond donors (Lipinski definition) is 0. The summed E-state index contributed by atoms with van der Waals surface area (Å²) in [5.41, 5.74) is 0. The molecule has 0 bridgehead atoms. The zero-order chi connectivity index (χ0) is 52.9. The van der Waals surface area contributed by atoms with Crippen LogP contribution in [0.15, 0.2) is 97.2 Å². The standard InChI is InChI=1S/C67H114O6/c1-4-7-10-13-16-19-22-25-28-31-33-36-39-42-45-48-51-54-57-60-66(69)72-63-64(62-71-65(68)59-56-53-50-47-44-41-38-35-30-27-24-21-18-15-12-9-6-3)73-67(70)61-58-55-52-49-46-43-40-37-34-32-29-26-23-20-17-14-11-8-5-2/h16-21,25-30,34,37-38,41,64H,4-15,22-24,31-33,35-36,39-40,42-63H2,1-3H3/b19-16-,20-17-,21-18-,28-25-,29-26-,30-27-,37-34-,41-38-/t64-/m1/s1. The molecule has 0 amide bonds. The minimum Gasteiger partial charge on any atom is -0.462 e. The zero-order valence-electron chi connectivity index (χ0n) is 47.9. The molecule has 1 atom stereocenters. The van der Waals surface area contributed by atoms with Gasteiger partial charge >= 0.3 is 17.9 Å². The molecule has 0 unspecified atom stereocenters. The van der Waals surface area contributed by atoms with Gasteiger partial charge in [0.25, 0.3) is 0 Å². The summed E-state index contributed by atoms with van der Waals surface area (Å²) in [4.78, 5) is 38.3. The van der Waals surface area contributed by atoms with Gasteiger partial charge in [0.15, 0.2) is 6.10 Å². The summed E-state index contributed by atoms with van der Waals surface area (Å²) in [6, 6.07) is 0. The average Bonchev–Trinajstić information content (AvgIpc) is 3.39. The van der Waals surface area contributed by atoms with Crippen molar-refractivity contribution < 1.29 is 28.6 Å². The first-order valence-electron chi connectivity index (χ1n) is 30.7. The molecular formula is C67H114O6. The lowest BCUT2D eigenvalue weighted by Gasteiger charge is -2.18. The highest BCUT2D eigenvalue weighted by molar-refractivity contribution is 5.71. The second-order valence-electron chi connectivity index (χ2n) is 20.2. The third kappa shape index (κ3) is 59.1. The molecule has 0 N–H and O–H groups in total. The van der Waals surface area contributed by atoms with Gasteiger partial charge in [-0.2, -0.15) is 0 Å². The van der Waals surface area contributed by atoms with Gasteiger partial charge in [-0.1, -0.05) is 240 Å². The maximum Gasteiger partial charge on any atom is 0.306 e. The van der Waals surface area contributed by atoms with Crippen molar-refractivity contribution in [3.63, 3.8) is 0 Å². The van der Waals surface area contributed by atoms with Gasteiger partial charge in [0.2, 0.25) is 0 Å². The monoisotopic (exact) mass is 1010 g/mol. The van der Waals surface area contributed by atoms with Crippen molar-refractivity contribution >= 4 is 17.9 Å². The Morgan fingerprint density at radius 1 is 0.274 bits per heavy atom. The highest BCUT2D eigenvalue weighted by Crippen LogP contribution is 2.15. The second kappa shape index (κ2) is 60.9. The Hall–Kier alpha value is -3.67. The van der Waals surface area contributed by atoms with Crippen molar-refractivity contribution in [3.05, 3.63) is 97.2 Å². The Morgan fingerprint density at radius 2 is 0.493 bits per heavy atom. The molecule has 0 radical (unpaired) electrons. The van der Waals surface area contributed by atoms with Crippen molar-refractivity contribution in [1.29, 1.82) is 0 Å². The van der Waals surface area contributed by atoms with Gasteiger partial charge in [0.05, 0.1) is 0 Å². The first kappa shape index (κ1) is 69.3. The van der Waals surface area contributed by atoms with Crippen molar-refractivity contribution in [1.82, 2.24) is 0 Å². The fraction of sp³-hybridized carbons (Fsp3) is 0.716. The van der Waals surface area contributed by atoms with Crippen LogP contribution in [0.5, 0.6) is 0 Å². The number of carbonyl (C=O) groups is 3.